The molecular weight excluding hydrogens is 316 g/mol. The summed E-state index contributed by atoms with van der Waals surface area (Å²) in [6, 6.07) is 14.7. The van der Waals surface area contributed by atoms with Gasteiger partial charge in [-0.15, -0.1) is 11.3 Å². The monoisotopic (exact) mass is 338 g/mol. The van der Waals surface area contributed by atoms with Crippen LogP contribution in [0.1, 0.15) is 22.5 Å². The third-order valence-corrected chi connectivity index (χ3v) is 7.11. The third-order valence-electron chi connectivity index (χ3n) is 5.98. The zero-order valence-corrected chi connectivity index (χ0v) is 14.5. The Hall–Kier alpha value is -1.65. The molecule has 124 valence electrons. The van der Waals surface area contributed by atoms with Gasteiger partial charge in [0, 0.05) is 30.6 Å². The molecule has 6 rings (SSSR count). The van der Waals surface area contributed by atoms with E-state index < -0.39 is 0 Å². The van der Waals surface area contributed by atoms with Crippen LogP contribution in [0.15, 0.2) is 42.5 Å². The molecule has 1 saturated carbocycles. The quantitative estimate of drug-likeness (QED) is 0.929. The molecule has 3 nitrogen and oxygen atoms in total. The Kier molecular flexibility index (Phi) is 3.49. The van der Waals surface area contributed by atoms with Crippen molar-refractivity contribution >= 4 is 17.2 Å². The van der Waals surface area contributed by atoms with Crippen LogP contribution in [0, 0.1) is 17.8 Å². The second-order valence-electron chi connectivity index (χ2n) is 7.61. The molecule has 4 fully saturated rings. The van der Waals surface area contributed by atoms with E-state index in [4.69, 9.17) is 0 Å². The maximum atomic E-state index is 12.8. The van der Waals surface area contributed by atoms with E-state index in [-0.39, 0.29) is 5.91 Å². The SMILES string of the molecule is O=C(NC1[C@H]2CC3C[C@H]1CN(C3)C2)c1ccc(-c2ccccc2)s1. The molecule has 0 radical (unpaired) electrons. The number of thiophene rings is 1. The van der Waals surface area contributed by atoms with E-state index >= 15 is 0 Å². The van der Waals surface area contributed by atoms with Gasteiger partial charge in [0.15, 0.2) is 0 Å². The molecule has 1 amide bonds. The molecule has 4 bridgehead atoms. The maximum Gasteiger partial charge on any atom is 0.261 e. The van der Waals surface area contributed by atoms with Crippen LogP contribution >= 0.6 is 11.3 Å². The molecule has 1 aromatic carbocycles. The van der Waals surface area contributed by atoms with Crippen molar-refractivity contribution in [1.29, 1.82) is 0 Å². The highest BCUT2D eigenvalue weighted by atomic mass is 32.1. The average molecular weight is 338 g/mol. The zero-order chi connectivity index (χ0) is 16.1. The Morgan fingerprint density at radius 2 is 1.75 bits per heavy atom. The van der Waals surface area contributed by atoms with Crippen LogP contribution in [-0.4, -0.2) is 36.5 Å². The summed E-state index contributed by atoms with van der Waals surface area (Å²) in [5.74, 6) is 2.32. The summed E-state index contributed by atoms with van der Waals surface area (Å²) in [6.07, 6.45) is 2.61. The minimum absolute atomic E-state index is 0.120. The molecule has 3 aliphatic heterocycles. The summed E-state index contributed by atoms with van der Waals surface area (Å²) in [4.78, 5) is 17.4. The number of benzene rings is 1. The van der Waals surface area contributed by atoms with Gasteiger partial charge in [-0.05, 0) is 48.3 Å². The lowest BCUT2D eigenvalue weighted by molar-refractivity contribution is -0.0418. The molecule has 4 aliphatic rings. The molecule has 2 atom stereocenters. The topological polar surface area (TPSA) is 32.3 Å². The molecule has 1 aromatic heterocycles. The minimum Gasteiger partial charge on any atom is -0.348 e. The molecule has 1 aliphatic carbocycles. The smallest absolute Gasteiger partial charge is 0.261 e. The number of carbonyl (C=O) groups excluding carboxylic acids is 1. The molecule has 1 N–H and O–H groups in total. The van der Waals surface area contributed by atoms with Crippen LogP contribution < -0.4 is 5.32 Å². The summed E-state index contributed by atoms with van der Waals surface area (Å²) >= 11 is 1.60. The van der Waals surface area contributed by atoms with Crippen LogP contribution in [0.4, 0.5) is 0 Å². The van der Waals surface area contributed by atoms with E-state index in [1.165, 1.54) is 38.0 Å². The first-order valence-corrected chi connectivity index (χ1v) is 9.76. The van der Waals surface area contributed by atoms with Crippen molar-refractivity contribution in [2.24, 2.45) is 17.8 Å². The molecular formula is C20H22N2OS. The van der Waals surface area contributed by atoms with Gasteiger partial charge in [-0.3, -0.25) is 4.79 Å². The first kappa shape index (κ1) is 14.7. The van der Waals surface area contributed by atoms with Crippen molar-refractivity contribution in [3.63, 3.8) is 0 Å². The number of amides is 1. The van der Waals surface area contributed by atoms with Gasteiger partial charge in [0.2, 0.25) is 0 Å². The minimum atomic E-state index is 0.120. The van der Waals surface area contributed by atoms with Gasteiger partial charge in [-0.2, -0.15) is 0 Å². The van der Waals surface area contributed by atoms with Gasteiger partial charge in [0.25, 0.3) is 5.91 Å². The number of hydrogen-bond donors (Lipinski definition) is 1. The largest absolute Gasteiger partial charge is 0.348 e. The predicted molar refractivity (Wildman–Crippen MR) is 97.2 cm³/mol. The van der Waals surface area contributed by atoms with E-state index in [1.807, 2.05) is 24.3 Å². The Morgan fingerprint density at radius 3 is 2.46 bits per heavy atom. The molecule has 24 heavy (non-hydrogen) atoms. The molecule has 2 aromatic rings. The number of nitrogens with one attached hydrogen (secondary N) is 1. The number of rotatable bonds is 3. The Balaban J connectivity index is 1.32. The Labute approximate surface area is 146 Å². The van der Waals surface area contributed by atoms with Crippen molar-refractivity contribution in [1.82, 2.24) is 10.2 Å². The van der Waals surface area contributed by atoms with Crippen molar-refractivity contribution in [2.45, 2.75) is 18.9 Å². The van der Waals surface area contributed by atoms with E-state index in [9.17, 15) is 4.79 Å². The van der Waals surface area contributed by atoms with E-state index in [2.05, 4.69) is 28.4 Å². The number of piperidine rings is 3. The maximum absolute atomic E-state index is 12.8. The van der Waals surface area contributed by atoms with Crippen molar-refractivity contribution < 1.29 is 4.79 Å². The van der Waals surface area contributed by atoms with Crippen molar-refractivity contribution in [3.05, 3.63) is 47.3 Å². The van der Waals surface area contributed by atoms with Gasteiger partial charge >= 0.3 is 0 Å². The van der Waals surface area contributed by atoms with Crippen LogP contribution in [0.25, 0.3) is 10.4 Å². The summed E-state index contributed by atoms with van der Waals surface area (Å²) in [7, 11) is 0. The first-order chi connectivity index (χ1) is 11.8. The van der Waals surface area contributed by atoms with Gasteiger partial charge in [0.1, 0.15) is 0 Å². The molecule has 0 unspecified atom stereocenters. The van der Waals surface area contributed by atoms with Gasteiger partial charge in [-0.25, -0.2) is 0 Å². The first-order valence-electron chi connectivity index (χ1n) is 8.95. The average Bonchev–Trinajstić information content (AvgIpc) is 3.08. The van der Waals surface area contributed by atoms with Gasteiger partial charge in [-0.1, -0.05) is 30.3 Å². The Bertz CT molecular complexity index is 726. The highest BCUT2D eigenvalue weighted by Gasteiger charge is 2.47. The van der Waals surface area contributed by atoms with Crippen LogP contribution in [0.2, 0.25) is 0 Å². The highest BCUT2D eigenvalue weighted by Crippen LogP contribution is 2.43. The zero-order valence-electron chi connectivity index (χ0n) is 13.7. The molecule has 4 heteroatoms. The lowest BCUT2D eigenvalue weighted by Gasteiger charge is -2.55. The summed E-state index contributed by atoms with van der Waals surface area (Å²) in [5.41, 5.74) is 1.18. The van der Waals surface area contributed by atoms with Gasteiger partial charge < -0.3 is 10.2 Å². The van der Waals surface area contributed by atoms with Crippen LogP contribution in [0.5, 0.6) is 0 Å². The number of hydrogen-bond acceptors (Lipinski definition) is 3. The summed E-state index contributed by atoms with van der Waals surface area (Å²) < 4.78 is 0. The summed E-state index contributed by atoms with van der Waals surface area (Å²) in [6.45, 7) is 3.65. The lowest BCUT2D eigenvalue weighted by Crippen LogP contribution is -2.64. The highest BCUT2D eigenvalue weighted by molar-refractivity contribution is 7.17. The van der Waals surface area contributed by atoms with E-state index in [0.717, 1.165) is 15.7 Å². The van der Waals surface area contributed by atoms with E-state index in [0.29, 0.717) is 17.9 Å². The van der Waals surface area contributed by atoms with Crippen molar-refractivity contribution in [2.75, 3.05) is 19.6 Å². The lowest BCUT2D eigenvalue weighted by atomic mass is 9.65. The molecule has 3 saturated heterocycles. The predicted octanol–water partition coefficient (Wildman–Crippen LogP) is 3.49. The normalized spacial score (nSPS) is 33.6. The third kappa shape index (κ3) is 2.49. The fourth-order valence-corrected chi connectivity index (χ4v) is 6.00. The summed E-state index contributed by atoms with van der Waals surface area (Å²) in [5, 5.41) is 3.39. The second-order valence-corrected chi connectivity index (χ2v) is 8.69. The molecule has 4 heterocycles. The Morgan fingerprint density at radius 1 is 1.00 bits per heavy atom. The van der Waals surface area contributed by atoms with Crippen LogP contribution in [0.3, 0.4) is 0 Å². The standard InChI is InChI=1S/C20H22N2OS/c23-20(18-7-6-17(24-18)14-4-2-1-3-5-14)21-19-15-8-13-9-16(19)12-22(10-13)11-15/h1-7,13,15-16,19H,8-12H2,(H,21,23)/t13?,15-,16-,19?/m0/s1. The fourth-order valence-electron chi connectivity index (χ4n) is 5.08. The van der Waals surface area contributed by atoms with Gasteiger partial charge in [0.05, 0.1) is 4.88 Å². The fraction of sp³-hybridized carbons (Fsp3) is 0.450. The number of carbonyl (C=O) groups is 1. The second kappa shape index (κ2) is 5.71. The van der Waals surface area contributed by atoms with Crippen molar-refractivity contribution in [3.8, 4) is 10.4 Å². The van der Waals surface area contributed by atoms with Crippen LogP contribution in [-0.2, 0) is 0 Å². The number of nitrogens with zero attached hydrogens (tertiary/aromatic N) is 1. The molecule has 0 spiro atoms. The van der Waals surface area contributed by atoms with E-state index in [1.54, 1.807) is 11.3 Å².